The van der Waals surface area contributed by atoms with Crippen molar-refractivity contribution in [2.75, 3.05) is 31.8 Å². The van der Waals surface area contributed by atoms with Gasteiger partial charge in [0.25, 0.3) is 5.91 Å². The summed E-state index contributed by atoms with van der Waals surface area (Å²) in [7, 11) is 5.26. The smallest absolute Gasteiger partial charge is 0.251 e. The van der Waals surface area contributed by atoms with E-state index in [1.54, 1.807) is 19.2 Å². The second-order valence-corrected chi connectivity index (χ2v) is 2.88. The van der Waals surface area contributed by atoms with E-state index < -0.39 is 0 Å². The highest BCUT2D eigenvalue weighted by atomic mass is 16.1. The van der Waals surface area contributed by atoms with Gasteiger partial charge in [-0.25, -0.2) is 0 Å². The molecule has 0 aliphatic rings. The molecule has 0 saturated carbocycles. The fourth-order valence-corrected chi connectivity index (χ4v) is 1.19. The molecule has 76 valence electrons. The molecule has 1 rings (SSSR count). The maximum Gasteiger partial charge on any atom is 0.251 e. The van der Waals surface area contributed by atoms with Crippen molar-refractivity contribution in [2.45, 2.75) is 0 Å². The lowest BCUT2D eigenvalue weighted by atomic mass is 10.1. The minimum Gasteiger partial charge on any atom is -0.388 e. The van der Waals surface area contributed by atoms with Crippen molar-refractivity contribution in [1.82, 2.24) is 5.32 Å². The van der Waals surface area contributed by atoms with E-state index in [1.165, 1.54) is 0 Å². The van der Waals surface area contributed by atoms with Crippen LogP contribution in [-0.2, 0) is 0 Å². The van der Waals surface area contributed by atoms with Crippen LogP contribution in [0.2, 0.25) is 0 Å². The molecule has 0 aromatic heterocycles. The monoisotopic (exact) mass is 193 g/mol. The molecule has 0 bridgehead atoms. The summed E-state index contributed by atoms with van der Waals surface area (Å²) in [6.45, 7) is 0. The van der Waals surface area contributed by atoms with E-state index in [9.17, 15) is 4.79 Å². The standard InChI is InChI=1S/C10H15N3O/c1-11-8-4-7(10(14)13-3)5-9(6-8)12-2/h4-6,11-12H,1-3H3,(H,13,14). The van der Waals surface area contributed by atoms with Crippen molar-refractivity contribution < 1.29 is 4.79 Å². The highest BCUT2D eigenvalue weighted by Crippen LogP contribution is 2.18. The number of hydrogen-bond acceptors (Lipinski definition) is 3. The Bertz CT molecular complexity index is 314. The predicted octanol–water partition coefficient (Wildman–Crippen LogP) is 1.13. The first-order chi connectivity index (χ1) is 6.71. The number of rotatable bonds is 3. The summed E-state index contributed by atoms with van der Waals surface area (Å²) in [5.74, 6) is -0.0846. The summed E-state index contributed by atoms with van der Waals surface area (Å²) in [5.41, 5.74) is 2.47. The van der Waals surface area contributed by atoms with Crippen LogP contribution in [0.15, 0.2) is 18.2 Å². The summed E-state index contributed by atoms with van der Waals surface area (Å²) in [6.07, 6.45) is 0. The Balaban J connectivity index is 3.10. The molecule has 0 saturated heterocycles. The molecule has 4 heteroatoms. The van der Waals surface area contributed by atoms with E-state index in [2.05, 4.69) is 16.0 Å². The molecule has 3 N–H and O–H groups in total. The van der Waals surface area contributed by atoms with Crippen molar-refractivity contribution in [3.8, 4) is 0 Å². The number of amides is 1. The number of carbonyl (C=O) groups is 1. The molecule has 1 aromatic carbocycles. The van der Waals surface area contributed by atoms with Gasteiger partial charge in [0.1, 0.15) is 0 Å². The molecular formula is C10H15N3O. The van der Waals surface area contributed by atoms with Crippen molar-refractivity contribution in [1.29, 1.82) is 0 Å². The maximum absolute atomic E-state index is 11.4. The molecule has 1 amide bonds. The van der Waals surface area contributed by atoms with Gasteiger partial charge in [-0.15, -0.1) is 0 Å². The highest BCUT2D eigenvalue weighted by molar-refractivity contribution is 5.96. The molecule has 0 unspecified atom stereocenters. The third kappa shape index (κ3) is 2.16. The zero-order valence-electron chi connectivity index (χ0n) is 8.64. The Labute approximate surface area is 83.7 Å². The lowest BCUT2D eigenvalue weighted by Crippen LogP contribution is -2.18. The van der Waals surface area contributed by atoms with E-state index in [1.807, 2.05) is 20.2 Å². The minimum atomic E-state index is -0.0846. The van der Waals surface area contributed by atoms with E-state index >= 15 is 0 Å². The van der Waals surface area contributed by atoms with Gasteiger partial charge >= 0.3 is 0 Å². The summed E-state index contributed by atoms with van der Waals surface area (Å²) < 4.78 is 0. The normalized spacial score (nSPS) is 9.36. The quantitative estimate of drug-likeness (QED) is 0.674. The summed E-state index contributed by atoms with van der Waals surface area (Å²) >= 11 is 0. The molecule has 0 aliphatic carbocycles. The Morgan fingerprint density at radius 1 is 1.00 bits per heavy atom. The first-order valence-corrected chi connectivity index (χ1v) is 4.44. The number of nitrogens with one attached hydrogen (secondary N) is 3. The third-order valence-corrected chi connectivity index (χ3v) is 2.00. The van der Waals surface area contributed by atoms with Crippen molar-refractivity contribution in [3.05, 3.63) is 23.8 Å². The van der Waals surface area contributed by atoms with E-state index in [0.29, 0.717) is 5.56 Å². The predicted molar refractivity (Wildman–Crippen MR) is 58.9 cm³/mol. The van der Waals surface area contributed by atoms with Gasteiger partial charge in [0.15, 0.2) is 0 Å². The van der Waals surface area contributed by atoms with Crippen LogP contribution in [0, 0.1) is 0 Å². The second-order valence-electron chi connectivity index (χ2n) is 2.88. The molecule has 0 spiro atoms. The first-order valence-electron chi connectivity index (χ1n) is 4.44. The van der Waals surface area contributed by atoms with Gasteiger partial charge in [-0.1, -0.05) is 0 Å². The molecule has 0 aliphatic heterocycles. The van der Waals surface area contributed by atoms with Gasteiger partial charge in [0.2, 0.25) is 0 Å². The molecule has 0 fully saturated rings. The van der Waals surface area contributed by atoms with Gasteiger partial charge < -0.3 is 16.0 Å². The molecule has 0 heterocycles. The van der Waals surface area contributed by atoms with Crippen LogP contribution in [0.25, 0.3) is 0 Å². The highest BCUT2D eigenvalue weighted by Gasteiger charge is 2.05. The molecule has 1 aromatic rings. The van der Waals surface area contributed by atoms with Gasteiger partial charge in [-0.05, 0) is 18.2 Å². The van der Waals surface area contributed by atoms with Crippen LogP contribution in [0.3, 0.4) is 0 Å². The molecule has 14 heavy (non-hydrogen) atoms. The van der Waals surface area contributed by atoms with Gasteiger partial charge in [-0.2, -0.15) is 0 Å². The second kappa shape index (κ2) is 4.50. The van der Waals surface area contributed by atoms with Gasteiger partial charge in [0, 0.05) is 38.1 Å². The lowest BCUT2D eigenvalue weighted by Gasteiger charge is -2.08. The van der Waals surface area contributed by atoms with Crippen molar-refractivity contribution in [3.63, 3.8) is 0 Å². The van der Waals surface area contributed by atoms with Crippen LogP contribution < -0.4 is 16.0 Å². The SMILES string of the molecule is CNC(=O)c1cc(NC)cc(NC)c1. The minimum absolute atomic E-state index is 0.0846. The fraction of sp³-hybridized carbons (Fsp3) is 0.300. The first kappa shape index (κ1) is 10.4. The van der Waals surface area contributed by atoms with Crippen molar-refractivity contribution in [2.24, 2.45) is 0 Å². The van der Waals surface area contributed by atoms with Crippen LogP contribution in [-0.4, -0.2) is 27.1 Å². The van der Waals surface area contributed by atoms with Gasteiger partial charge in [0.05, 0.1) is 0 Å². The Morgan fingerprint density at radius 2 is 1.50 bits per heavy atom. The Hall–Kier alpha value is -1.71. The van der Waals surface area contributed by atoms with Crippen LogP contribution >= 0.6 is 0 Å². The molecule has 0 radical (unpaired) electrons. The molecule has 4 nitrogen and oxygen atoms in total. The number of carbonyl (C=O) groups excluding carboxylic acids is 1. The zero-order valence-corrected chi connectivity index (χ0v) is 8.64. The molecular weight excluding hydrogens is 178 g/mol. The third-order valence-electron chi connectivity index (χ3n) is 2.00. The van der Waals surface area contributed by atoms with E-state index in [0.717, 1.165) is 11.4 Å². The Morgan fingerprint density at radius 3 is 1.86 bits per heavy atom. The van der Waals surface area contributed by atoms with Crippen molar-refractivity contribution >= 4 is 17.3 Å². The van der Waals surface area contributed by atoms with Crippen LogP contribution in [0.5, 0.6) is 0 Å². The summed E-state index contributed by atoms with van der Waals surface area (Å²) in [4.78, 5) is 11.4. The lowest BCUT2D eigenvalue weighted by molar-refractivity contribution is 0.0963. The largest absolute Gasteiger partial charge is 0.388 e. The topological polar surface area (TPSA) is 53.2 Å². The van der Waals surface area contributed by atoms with Crippen LogP contribution in [0.4, 0.5) is 11.4 Å². The van der Waals surface area contributed by atoms with Gasteiger partial charge in [-0.3, -0.25) is 4.79 Å². The average molecular weight is 193 g/mol. The number of hydrogen-bond donors (Lipinski definition) is 3. The molecule has 0 atom stereocenters. The summed E-state index contributed by atoms with van der Waals surface area (Å²) in [5, 5.41) is 8.59. The van der Waals surface area contributed by atoms with E-state index in [4.69, 9.17) is 0 Å². The summed E-state index contributed by atoms with van der Waals surface area (Å²) in [6, 6.07) is 5.55. The number of anilines is 2. The Kier molecular flexibility index (Phi) is 3.34. The number of benzene rings is 1. The maximum atomic E-state index is 11.4. The fourth-order valence-electron chi connectivity index (χ4n) is 1.19. The van der Waals surface area contributed by atoms with E-state index in [-0.39, 0.29) is 5.91 Å². The average Bonchev–Trinajstić information content (AvgIpc) is 2.27. The van der Waals surface area contributed by atoms with Crippen LogP contribution in [0.1, 0.15) is 10.4 Å². The zero-order chi connectivity index (χ0) is 10.6.